The third-order valence-corrected chi connectivity index (χ3v) is 1.87. The van der Waals surface area contributed by atoms with Crippen LogP contribution in [0.3, 0.4) is 0 Å². The molecule has 1 nitrogen and oxygen atoms in total. The van der Waals surface area contributed by atoms with E-state index in [0.29, 0.717) is 0 Å². The highest BCUT2D eigenvalue weighted by atomic mass is 35.5. The van der Waals surface area contributed by atoms with Crippen molar-refractivity contribution in [2.75, 3.05) is 0 Å². The highest BCUT2D eigenvalue weighted by Gasteiger charge is 2.15. The maximum Gasteiger partial charge on any atom is 0.0459 e. The molecule has 0 aliphatic heterocycles. The van der Waals surface area contributed by atoms with Gasteiger partial charge in [-0.25, -0.2) is 0 Å². The van der Waals surface area contributed by atoms with Crippen molar-refractivity contribution in [1.29, 1.82) is 0 Å². The average Bonchev–Trinajstić information content (AvgIpc) is 1.62. The number of rotatable bonds is 1. The molecule has 2 N–H and O–H groups in total. The maximum atomic E-state index is 5.85. The van der Waals surface area contributed by atoms with E-state index in [4.69, 9.17) is 17.3 Å². The second-order valence-corrected chi connectivity index (χ2v) is 3.41. The lowest BCUT2D eigenvalue weighted by atomic mass is 10.0. The molecule has 0 heterocycles. The SMILES string of the molecule is CC(C)=C(Cl)C(C)(C)N. The highest BCUT2D eigenvalue weighted by molar-refractivity contribution is 6.31. The summed E-state index contributed by atoms with van der Waals surface area (Å²) in [5.41, 5.74) is 6.40. The third kappa shape index (κ3) is 2.87. The van der Waals surface area contributed by atoms with Gasteiger partial charge >= 0.3 is 0 Å². The van der Waals surface area contributed by atoms with Gasteiger partial charge in [0.1, 0.15) is 0 Å². The lowest BCUT2D eigenvalue weighted by Crippen LogP contribution is -2.32. The summed E-state index contributed by atoms with van der Waals surface area (Å²) in [4.78, 5) is 0. The zero-order chi connectivity index (χ0) is 7.65. The van der Waals surface area contributed by atoms with E-state index >= 15 is 0 Å². The van der Waals surface area contributed by atoms with Gasteiger partial charge in [0.2, 0.25) is 0 Å². The van der Waals surface area contributed by atoms with Crippen molar-refractivity contribution >= 4 is 11.6 Å². The fourth-order valence-electron chi connectivity index (χ4n) is 0.644. The zero-order valence-electron chi connectivity index (χ0n) is 6.46. The van der Waals surface area contributed by atoms with E-state index < -0.39 is 0 Å². The molecule has 0 bridgehead atoms. The Morgan fingerprint density at radius 1 is 1.33 bits per heavy atom. The van der Waals surface area contributed by atoms with Crippen molar-refractivity contribution in [2.24, 2.45) is 5.73 Å². The van der Waals surface area contributed by atoms with Crippen LogP contribution in [0.1, 0.15) is 27.7 Å². The van der Waals surface area contributed by atoms with Crippen LogP contribution in [-0.2, 0) is 0 Å². The molecule has 0 aromatic carbocycles. The van der Waals surface area contributed by atoms with Crippen LogP contribution in [0.25, 0.3) is 0 Å². The standard InChI is InChI=1S/C7H14ClN/c1-5(2)6(8)7(3,4)9/h9H2,1-4H3. The van der Waals surface area contributed by atoms with E-state index in [1.165, 1.54) is 0 Å². The Labute approximate surface area is 61.9 Å². The quantitative estimate of drug-likeness (QED) is 0.605. The molecule has 0 radical (unpaired) electrons. The lowest BCUT2D eigenvalue weighted by molar-refractivity contribution is 0.635. The molecule has 0 aromatic heterocycles. The Morgan fingerprint density at radius 3 is 1.67 bits per heavy atom. The Bertz CT molecular complexity index is 126. The van der Waals surface area contributed by atoms with E-state index in [2.05, 4.69) is 0 Å². The van der Waals surface area contributed by atoms with Crippen LogP contribution >= 0.6 is 11.6 Å². The highest BCUT2D eigenvalue weighted by Crippen LogP contribution is 2.20. The van der Waals surface area contributed by atoms with Gasteiger partial charge in [0.15, 0.2) is 0 Å². The van der Waals surface area contributed by atoms with Crippen LogP contribution in [0, 0.1) is 0 Å². The summed E-state index contributed by atoms with van der Waals surface area (Å²) in [7, 11) is 0. The number of halogens is 1. The number of hydrogen-bond acceptors (Lipinski definition) is 1. The van der Waals surface area contributed by atoms with Crippen LogP contribution in [-0.4, -0.2) is 5.54 Å². The fourth-order valence-corrected chi connectivity index (χ4v) is 0.644. The van der Waals surface area contributed by atoms with Crippen LogP contribution in [0.5, 0.6) is 0 Å². The van der Waals surface area contributed by atoms with Crippen LogP contribution in [0.2, 0.25) is 0 Å². The molecule has 0 spiro atoms. The summed E-state index contributed by atoms with van der Waals surface area (Å²) < 4.78 is 0. The Morgan fingerprint density at radius 2 is 1.67 bits per heavy atom. The van der Waals surface area contributed by atoms with Crippen molar-refractivity contribution in [1.82, 2.24) is 0 Å². The summed E-state index contributed by atoms with van der Waals surface area (Å²) in [6.45, 7) is 7.69. The Balaban J connectivity index is 4.40. The molecule has 0 unspecified atom stereocenters. The van der Waals surface area contributed by atoms with Gasteiger partial charge in [-0.15, -0.1) is 0 Å². The van der Waals surface area contributed by atoms with Gasteiger partial charge in [0.05, 0.1) is 0 Å². The fraction of sp³-hybridized carbons (Fsp3) is 0.714. The van der Waals surface area contributed by atoms with Crippen molar-refractivity contribution in [2.45, 2.75) is 33.2 Å². The molecule has 0 fully saturated rings. The maximum absolute atomic E-state index is 5.85. The first-order chi connectivity index (χ1) is 3.85. The Kier molecular flexibility index (Phi) is 2.71. The van der Waals surface area contributed by atoms with Crippen LogP contribution in [0.15, 0.2) is 10.6 Å². The first kappa shape index (κ1) is 8.99. The third-order valence-electron chi connectivity index (χ3n) is 1.00. The van der Waals surface area contributed by atoms with Gasteiger partial charge in [-0.3, -0.25) is 0 Å². The average molecular weight is 148 g/mol. The molecule has 0 saturated carbocycles. The largest absolute Gasteiger partial charge is 0.321 e. The number of nitrogens with two attached hydrogens (primary N) is 1. The van der Waals surface area contributed by atoms with Gasteiger partial charge < -0.3 is 5.73 Å². The van der Waals surface area contributed by atoms with Gasteiger partial charge in [0, 0.05) is 10.6 Å². The van der Waals surface area contributed by atoms with Gasteiger partial charge in [-0.05, 0) is 27.7 Å². The first-order valence-corrected chi connectivity index (χ1v) is 3.36. The summed E-state index contributed by atoms with van der Waals surface area (Å²) >= 11 is 5.85. The molecule has 0 atom stereocenters. The molecule has 0 aliphatic rings. The van der Waals surface area contributed by atoms with Crippen molar-refractivity contribution in [3.8, 4) is 0 Å². The predicted molar refractivity (Wildman–Crippen MR) is 42.5 cm³/mol. The molecular formula is C7H14ClN. The number of hydrogen-bond donors (Lipinski definition) is 1. The van der Waals surface area contributed by atoms with Gasteiger partial charge in [-0.1, -0.05) is 17.2 Å². The molecule has 54 valence electrons. The lowest BCUT2D eigenvalue weighted by Gasteiger charge is -2.18. The van der Waals surface area contributed by atoms with Gasteiger partial charge in [0.25, 0.3) is 0 Å². The summed E-state index contributed by atoms with van der Waals surface area (Å²) in [5, 5.41) is 0.752. The van der Waals surface area contributed by atoms with Crippen molar-refractivity contribution in [3.63, 3.8) is 0 Å². The van der Waals surface area contributed by atoms with E-state index in [9.17, 15) is 0 Å². The molecule has 0 aliphatic carbocycles. The molecular weight excluding hydrogens is 134 g/mol. The van der Waals surface area contributed by atoms with E-state index in [-0.39, 0.29) is 5.54 Å². The molecule has 0 saturated heterocycles. The molecule has 0 aromatic rings. The second-order valence-electron chi connectivity index (χ2n) is 3.04. The number of allylic oxidation sites excluding steroid dienone is 1. The normalized spacial score (nSPS) is 11.3. The monoisotopic (exact) mass is 147 g/mol. The van der Waals surface area contributed by atoms with E-state index in [1.54, 1.807) is 0 Å². The summed E-state index contributed by atoms with van der Waals surface area (Å²) in [5.74, 6) is 0. The predicted octanol–water partition coefficient (Wildman–Crippen LogP) is 2.26. The van der Waals surface area contributed by atoms with Crippen molar-refractivity contribution in [3.05, 3.63) is 10.6 Å². The molecule has 9 heavy (non-hydrogen) atoms. The van der Waals surface area contributed by atoms with Crippen LogP contribution in [0.4, 0.5) is 0 Å². The minimum Gasteiger partial charge on any atom is -0.321 e. The minimum atomic E-state index is -0.375. The first-order valence-electron chi connectivity index (χ1n) is 2.98. The minimum absolute atomic E-state index is 0.375. The zero-order valence-corrected chi connectivity index (χ0v) is 7.21. The van der Waals surface area contributed by atoms with Crippen LogP contribution < -0.4 is 5.73 Å². The van der Waals surface area contributed by atoms with Gasteiger partial charge in [-0.2, -0.15) is 0 Å². The smallest absolute Gasteiger partial charge is 0.0459 e. The Hall–Kier alpha value is -0.0100. The van der Waals surface area contributed by atoms with E-state index in [1.807, 2.05) is 27.7 Å². The molecule has 0 amide bonds. The summed E-state index contributed by atoms with van der Waals surface area (Å²) in [6, 6.07) is 0. The molecule has 0 rings (SSSR count). The second kappa shape index (κ2) is 2.72. The van der Waals surface area contributed by atoms with E-state index in [0.717, 1.165) is 10.6 Å². The van der Waals surface area contributed by atoms with Crippen molar-refractivity contribution < 1.29 is 0 Å². The topological polar surface area (TPSA) is 26.0 Å². The molecule has 2 heteroatoms. The summed E-state index contributed by atoms with van der Waals surface area (Å²) in [6.07, 6.45) is 0.